The zero-order chi connectivity index (χ0) is 5.11. The Morgan fingerprint density at radius 3 is 2.57 bits per heavy atom. The molecule has 1 aliphatic rings. The maximum Gasteiger partial charge on any atom is 0.0629 e. The van der Waals surface area contributed by atoms with Crippen molar-refractivity contribution in [3.63, 3.8) is 0 Å². The van der Waals surface area contributed by atoms with E-state index in [1.807, 2.05) is 0 Å². The van der Waals surface area contributed by atoms with Gasteiger partial charge >= 0.3 is 0 Å². The predicted octanol–water partition coefficient (Wildman–Crippen LogP) is -0.565. The molecule has 0 aliphatic carbocycles. The van der Waals surface area contributed by atoms with E-state index in [0.29, 0.717) is 5.37 Å². The first-order valence-electron chi connectivity index (χ1n) is 2.52. The van der Waals surface area contributed by atoms with Crippen LogP contribution in [-0.2, 0) is 0 Å². The van der Waals surface area contributed by atoms with Crippen LogP contribution in [0.3, 0.4) is 0 Å². The van der Waals surface area contributed by atoms with Crippen molar-refractivity contribution in [2.75, 3.05) is 19.6 Å². The fourth-order valence-corrected chi connectivity index (χ4v) is 0.896. The Morgan fingerprint density at radius 1 is 1.43 bits per heavy atom. The summed E-state index contributed by atoms with van der Waals surface area (Å²) in [6, 6.07) is 0. The van der Waals surface area contributed by atoms with Crippen LogP contribution in [0.15, 0.2) is 0 Å². The Morgan fingerprint density at radius 2 is 2.29 bits per heavy atom. The van der Waals surface area contributed by atoms with Gasteiger partial charge in [-0.25, -0.2) is 0 Å². The lowest BCUT2D eigenvalue weighted by Crippen LogP contribution is -2.45. The van der Waals surface area contributed by atoms with Gasteiger partial charge in [0.05, 0.1) is 5.37 Å². The standard InChI is InChI=1S/C4H10N2S/c7-4-3-5-1-2-6-4/h4-7H,1-3H2/t4-/m1/s1. The van der Waals surface area contributed by atoms with E-state index in [0.717, 1.165) is 19.6 Å². The average Bonchev–Trinajstić information content (AvgIpc) is 1.69. The third-order valence-electron chi connectivity index (χ3n) is 1.02. The summed E-state index contributed by atoms with van der Waals surface area (Å²) < 4.78 is 0. The molecule has 0 aromatic heterocycles. The lowest BCUT2D eigenvalue weighted by Gasteiger charge is -2.19. The summed E-state index contributed by atoms with van der Waals surface area (Å²) in [6.45, 7) is 3.12. The summed E-state index contributed by atoms with van der Waals surface area (Å²) in [5.41, 5.74) is 0. The van der Waals surface area contributed by atoms with Gasteiger partial charge in [-0.15, -0.1) is 0 Å². The van der Waals surface area contributed by atoms with E-state index in [2.05, 4.69) is 23.3 Å². The molecular formula is C4H10N2S. The molecule has 0 unspecified atom stereocenters. The van der Waals surface area contributed by atoms with Crippen molar-refractivity contribution >= 4 is 12.6 Å². The zero-order valence-corrected chi connectivity index (χ0v) is 5.04. The predicted molar refractivity (Wildman–Crippen MR) is 33.6 cm³/mol. The Bertz CT molecular complexity index is 51.7. The van der Waals surface area contributed by atoms with Crippen molar-refractivity contribution in [1.82, 2.24) is 10.6 Å². The van der Waals surface area contributed by atoms with Crippen LogP contribution >= 0.6 is 12.6 Å². The van der Waals surface area contributed by atoms with Gasteiger partial charge in [0.1, 0.15) is 0 Å². The molecule has 1 heterocycles. The molecule has 0 aromatic carbocycles. The molecule has 0 aromatic rings. The molecule has 1 fully saturated rings. The minimum Gasteiger partial charge on any atom is -0.313 e. The highest BCUT2D eigenvalue weighted by Crippen LogP contribution is 1.88. The smallest absolute Gasteiger partial charge is 0.0629 e. The molecule has 1 rings (SSSR count). The Kier molecular flexibility index (Phi) is 1.97. The second kappa shape index (κ2) is 2.55. The molecule has 0 amide bonds. The molecule has 0 spiro atoms. The van der Waals surface area contributed by atoms with E-state index in [1.165, 1.54) is 0 Å². The molecule has 0 bridgehead atoms. The highest BCUT2D eigenvalue weighted by atomic mass is 32.1. The van der Waals surface area contributed by atoms with Crippen molar-refractivity contribution in [1.29, 1.82) is 0 Å². The average molecular weight is 118 g/mol. The van der Waals surface area contributed by atoms with Gasteiger partial charge in [0.2, 0.25) is 0 Å². The van der Waals surface area contributed by atoms with Gasteiger partial charge < -0.3 is 10.6 Å². The van der Waals surface area contributed by atoms with E-state index in [4.69, 9.17) is 0 Å². The van der Waals surface area contributed by atoms with Crippen LogP contribution < -0.4 is 10.6 Å². The van der Waals surface area contributed by atoms with Gasteiger partial charge in [0, 0.05) is 19.6 Å². The van der Waals surface area contributed by atoms with Crippen molar-refractivity contribution < 1.29 is 0 Å². The second-order valence-corrected chi connectivity index (χ2v) is 2.30. The quantitative estimate of drug-likeness (QED) is 0.371. The Balaban J connectivity index is 2.12. The number of hydrogen-bond acceptors (Lipinski definition) is 3. The Labute approximate surface area is 49.1 Å². The fourth-order valence-electron chi connectivity index (χ4n) is 0.638. The summed E-state index contributed by atoms with van der Waals surface area (Å²) >= 11 is 4.19. The van der Waals surface area contributed by atoms with Crippen molar-refractivity contribution in [3.8, 4) is 0 Å². The van der Waals surface area contributed by atoms with E-state index >= 15 is 0 Å². The normalized spacial score (nSPS) is 33.0. The molecule has 1 atom stereocenters. The molecule has 2 nitrogen and oxygen atoms in total. The van der Waals surface area contributed by atoms with Gasteiger partial charge in [-0.1, -0.05) is 0 Å². The molecule has 2 N–H and O–H groups in total. The van der Waals surface area contributed by atoms with Crippen LogP contribution in [0.2, 0.25) is 0 Å². The van der Waals surface area contributed by atoms with Gasteiger partial charge in [-0.05, 0) is 0 Å². The number of thiol groups is 1. The first kappa shape index (κ1) is 5.41. The summed E-state index contributed by atoms with van der Waals surface area (Å²) in [5, 5.41) is 6.75. The number of hydrogen-bond donors (Lipinski definition) is 3. The van der Waals surface area contributed by atoms with Crippen LogP contribution in [-0.4, -0.2) is 25.0 Å². The van der Waals surface area contributed by atoms with Crippen LogP contribution in [0.4, 0.5) is 0 Å². The minimum absolute atomic E-state index is 0.369. The summed E-state index contributed by atoms with van der Waals surface area (Å²) in [7, 11) is 0. The highest BCUT2D eigenvalue weighted by Gasteiger charge is 2.04. The van der Waals surface area contributed by atoms with Gasteiger partial charge in [0.25, 0.3) is 0 Å². The molecule has 7 heavy (non-hydrogen) atoms. The van der Waals surface area contributed by atoms with Gasteiger partial charge in [-0.3, -0.25) is 0 Å². The van der Waals surface area contributed by atoms with E-state index in [-0.39, 0.29) is 0 Å². The van der Waals surface area contributed by atoms with Crippen LogP contribution in [0.5, 0.6) is 0 Å². The molecule has 3 heteroatoms. The minimum atomic E-state index is 0.369. The van der Waals surface area contributed by atoms with Crippen LogP contribution in [0.25, 0.3) is 0 Å². The highest BCUT2D eigenvalue weighted by molar-refractivity contribution is 7.80. The molecule has 42 valence electrons. The third kappa shape index (κ3) is 1.67. The van der Waals surface area contributed by atoms with E-state index in [1.54, 1.807) is 0 Å². The summed E-state index contributed by atoms with van der Waals surface area (Å²) in [5.74, 6) is 0. The summed E-state index contributed by atoms with van der Waals surface area (Å²) in [6.07, 6.45) is 0. The largest absolute Gasteiger partial charge is 0.313 e. The molecular weight excluding hydrogens is 108 g/mol. The van der Waals surface area contributed by atoms with Crippen molar-refractivity contribution in [3.05, 3.63) is 0 Å². The maximum atomic E-state index is 4.19. The van der Waals surface area contributed by atoms with E-state index in [9.17, 15) is 0 Å². The first-order valence-corrected chi connectivity index (χ1v) is 3.03. The zero-order valence-electron chi connectivity index (χ0n) is 4.15. The van der Waals surface area contributed by atoms with Crippen molar-refractivity contribution in [2.45, 2.75) is 5.37 Å². The molecule has 0 radical (unpaired) electrons. The molecule has 1 saturated heterocycles. The molecule has 1 aliphatic heterocycles. The Hall–Kier alpha value is 0.270. The number of nitrogens with one attached hydrogen (secondary N) is 2. The number of rotatable bonds is 0. The van der Waals surface area contributed by atoms with E-state index < -0.39 is 0 Å². The second-order valence-electron chi connectivity index (χ2n) is 1.67. The van der Waals surface area contributed by atoms with Gasteiger partial charge in [0.15, 0.2) is 0 Å². The monoisotopic (exact) mass is 118 g/mol. The lowest BCUT2D eigenvalue weighted by molar-refractivity contribution is 0.509. The maximum absolute atomic E-state index is 4.19. The van der Waals surface area contributed by atoms with Crippen molar-refractivity contribution in [2.24, 2.45) is 0 Å². The number of piperazine rings is 1. The lowest BCUT2D eigenvalue weighted by atomic mass is 10.4. The van der Waals surface area contributed by atoms with Crippen LogP contribution in [0.1, 0.15) is 0 Å². The molecule has 0 saturated carbocycles. The first-order chi connectivity index (χ1) is 3.39. The topological polar surface area (TPSA) is 24.1 Å². The third-order valence-corrected chi connectivity index (χ3v) is 1.38. The fraction of sp³-hybridized carbons (Fsp3) is 1.00. The SMILES string of the molecule is S[C@@H]1CNCCN1. The van der Waals surface area contributed by atoms with Gasteiger partial charge in [-0.2, -0.15) is 12.6 Å². The van der Waals surface area contributed by atoms with Crippen LogP contribution in [0, 0.1) is 0 Å². The summed E-state index contributed by atoms with van der Waals surface area (Å²) in [4.78, 5) is 0.